The first-order valence-electron chi connectivity index (χ1n) is 4.79. The summed E-state index contributed by atoms with van der Waals surface area (Å²) in [6.45, 7) is -1.32. The van der Waals surface area contributed by atoms with Gasteiger partial charge in [0.2, 0.25) is 5.91 Å². The molecule has 0 saturated carbocycles. The average molecular weight is 299 g/mol. The van der Waals surface area contributed by atoms with Gasteiger partial charge in [-0.3, -0.25) is 4.79 Å². The monoisotopic (exact) mass is 298 g/mol. The van der Waals surface area contributed by atoms with E-state index in [4.69, 9.17) is 17.3 Å². The Bertz CT molecular complexity index is 440. The Kier molecular flexibility index (Phi) is 5.15. The fourth-order valence-corrected chi connectivity index (χ4v) is 2.01. The van der Waals surface area contributed by atoms with Gasteiger partial charge in [-0.2, -0.15) is 13.2 Å². The molecule has 3 N–H and O–H groups in total. The number of nitrogens with one attached hydrogen (secondary N) is 1. The minimum Gasteiger partial charge on any atom is -0.398 e. The largest absolute Gasteiger partial charge is 0.405 e. The van der Waals surface area contributed by atoms with E-state index in [9.17, 15) is 18.0 Å². The number of thioether (sulfide) groups is 1. The van der Waals surface area contributed by atoms with Crippen LogP contribution in [0, 0.1) is 0 Å². The quantitative estimate of drug-likeness (QED) is 0.664. The molecule has 0 aliphatic carbocycles. The number of hydrogen-bond acceptors (Lipinski definition) is 3. The third-order valence-corrected chi connectivity index (χ3v) is 3.15. The van der Waals surface area contributed by atoms with Gasteiger partial charge in [-0.25, -0.2) is 0 Å². The summed E-state index contributed by atoms with van der Waals surface area (Å²) in [6, 6.07) is 4.76. The molecule has 1 aromatic rings. The first-order valence-corrected chi connectivity index (χ1v) is 6.15. The molecular formula is C10H10ClF3N2OS. The lowest BCUT2D eigenvalue weighted by atomic mass is 10.3. The molecule has 0 aliphatic rings. The van der Waals surface area contributed by atoms with Gasteiger partial charge < -0.3 is 11.1 Å². The number of anilines is 1. The number of amides is 1. The highest BCUT2D eigenvalue weighted by Crippen LogP contribution is 2.26. The smallest absolute Gasteiger partial charge is 0.398 e. The molecule has 8 heteroatoms. The van der Waals surface area contributed by atoms with Crippen molar-refractivity contribution in [3.05, 3.63) is 23.2 Å². The van der Waals surface area contributed by atoms with Gasteiger partial charge in [0.25, 0.3) is 0 Å². The van der Waals surface area contributed by atoms with Crippen molar-refractivity contribution < 1.29 is 18.0 Å². The van der Waals surface area contributed by atoms with Gasteiger partial charge >= 0.3 is 6.18 Å². The average Bonchev–Trinajstić information content (AvgIpc) is 2.27. The molecule has 0 spiro atoms. The Morgan fingerprint density at radius 3 is 2.67 bits per heavy atom. The topological polar surface area (TPSA) is 55.1 Å². The van der Waals surface area contributed by atoms with Crippen molar-refractivity contribution >= 4 is 35.0 Å². The molecular weight excluding hydrogens is 289 g/mol. The summed E-state index contributed by atoms with van der Waals surface area (Å²) in [5, 5.41) is 2.12. The zero-order chi connectivity index (χ0) is 13.8. The highest BCUT2D eigenvalue weighted by atomic mass is 35.5. The van der Waals surface area contributed by atoms with Crippen LogP contribution in [0.5, 0.6) is 0 Å². The van der Waals surface area contributed by atoms with Crippen LogP contribution in [0.25, 0.3) is 0 Å². The molecule has 18 heavy (non-hydrogen) atoms. The van der Waals surface area contributed by atoms with Crippen LogP contribution in [-0.2, 0) is 4.79 Å². The Morgan fingerprint density at radius 1 is 1.44 bits per heavy atom. The number of nitrogen functional groups attached to an aromatic ring is 1. The summed E-state index contributed by atoms with van der Waals surface area (Å²) >= 11 is 6.85. The molecule has 0 heterocycles. The zero-order valence-electron chi connectivity index (χ0n) is 9.05. The van der Waals surface area contributed by atoms with E-state index >= 15 is 0 Å². The van der Waals surface area contributed by atoms with Crippen LogP contribution in [0.2, 0.25) is 5.02 Å². The second-order valence-electron chi connectivity index (χ2n) is 3.36. The number of carbonyl (C=O) groups excluding carboxylic acids is 1. The number of halogens is 4. The maximum atomic E-state index is 11.8. The summed E-state index contributed by atoms with van der Waals surface area (Å²) in [6.07, 6.45) is -4.40. The summed E-state index contributed by atoms with van der Waals surface area (Å²) in [4.78, 5) is 11.8. The second kappa shape index (κ2) is 6.19. The molecule has 1 amide bonds. The second-order valence-corrected chi connectivity index (χ2v) is 4.82. The van der Waals surface area contributed by atoms with Crippen LogP contribution in [-0.4, -0.2) is 24.4 Å². The lowest BCUT2D eigenvalue weighted by Gasteiger charge is -2.08. The molecule has 0 aliphatic heterocycles. The molecule has 0 unspecified atom stereocenters. The van der Waals surface area contributed by atoms with Gasteiger partial charge in [0.05, 0.1) is 16.5 Å². The predicted octanol–water partition coefficient (Wildman–Crippen LogP) is 2.69. The summed E-state index contributed by atoms with van der Waals surface area (Å²) in [5.74, 6) is -0.804. The molecule has 3 nitrogen and oxygen atoms in total. The molecule has 0 saturated heterocycles. The number of rotatable bonds is 4. The van der Waals surface area contributed by atoms with Crippen LogP contribution < -0.4 is 11.1 Å². The van der Waals surface area contributed by atoms with Gasteiger partial charge in [0.15, 0.2) is 0 Å². The van der Waals surface area contributed by atoms with Gasteiger partial charge in [-0.05, 0) is 18.2 Å². The van der Waals surface area contributed by atoms with E-state index in [0.717, 1.165) is 11.8 Å². The molecule has 1 aromatic carbocycles. The third-order valence-electron chi connectivity index (χ3n) is 1.83. The maximum Gasteiger partial charge on any atom is 0.405 e. The lowest BCUT2D eigenvalue weighted by molar-refractivity contribution is -0.136. The number of benzene rings is 1. The van der Waals surface area contributed by atoms with Gasteiger partial charge in [0, 0.05) is 4.90 Å². The van der Waals surface area contributed by atoms with Crippen LogP contribution in [0.4, 0.5) is 18.9 Å². The van der Waals surface area contributed by atoms with E-state index in [0.29, 0.717) is 15.6 Å². The fraction of sp³-hybridized carbons (Fsp3) is 0.300. The molecule has 1 rings (SSSR count). The van der Waals surface area contributed by atoms with Crippen molar-refractivity contribution in [1.29, 1.82) is 0 Å². The number of carbonyl (C=O) groups is 1. The van der Waals surface area contributed by atoms with Gasteiger partial charge in [0.1, 0.15) is 6.54 Å². The van der Waals surface area contributed by atoms with Crippen LogP contribution >= 0.6 is 23.4 Å². The van der Waals surface area contributed by atoms with Crippen molar-refractivity contribution in [2.45, 2.75) is 11.1 Å². The number of hydrogen-bond donors (Lipinski definition) is 2. The Labute approximate surface area is 111 Å². The SMILES string of the molecule is Nc1ccc(SCC(=O)NCC(F)(F)F)cc1Cl. The van der Waals surface area contributed by atoms with Crippen molar-refractivity contribution in [3.8, 4) is 0 Å². The van der Waals surface area contributed by atoms with Crippen molar-refractivity contribution in [3.63, 3.8) is 0 Å². The summed E-state index contributed by atoms with van der Waals surface area (Å²) < 4.78 is 35.5. The molecule has 0 bridgehead atoms. The molecule has 0 fully saturated rings. The Balaban J connectivity index is 2.40. The summed E-state index contributed by atoms with van der Waals surface area (Å²) in [5.41, 5.74) is 5.90. The van der Waals surface area contributed by atoms with Crippen LogP contribution in [0.3, 0.4) is 0 Å². The van der Waals surface area contributed by atoms with Crippen molar-refractivity contribution in [2.24, 2.45) is 0 Å². The first-order chi connectivity index (χ1) is 8.28. The van der Waals surface area contributed by atoms with E-state index in [1.165, 1.54) is 0 Å². The van der Waals surface area contributed by atoms with E-state index in [1.54, 1.807) is 23.5 Å². The van der Waals surface area contributed by atoms with Gasteiger partial charge in [-0.15, -0.1) is 11.8 Å². The van der Waals surface area contributed by atoms with E-state index < -0.39 is 18.6 Å². The molecule has 0 aromatic heterocycles. The molecule has 0 atom stereocenters. The Morgan fingerprint density at radius 2 is 2.11 bits per heavy atom. The number of alkyl halides is 3. The fourth-order valence-electron chi connectivity index (χ4n) is 0.996. The first kappa shape index (κ1) is 15.0. The highest BCUT2D eigenvalue weighted by molar-refractivity contribution is 8.00. The Hall–Kier alpha value is -1.08. The lowest BCUT2D eigenvalue weighted by Crippen LogP contribution is -2.34. The van der Waals surface area contributed by atoms with Crippen LogP contribution in [0.1, 0.15) is 0 Å². The van der Waals surface area contributed by atoms with Crippen molar-refractivity contribution in [1.82, 2.24) is 5.32 Å². The van der Waals surface area contributed by atoms with E-state index in [2.05, 4.69) is 0 Å². The zero-order valence-corrected chi connectivity index (χ0v) is 10.6. The minimum atomic E-state index is -4.40. The summed E-state index contributed by atoms with van der Waals surface area (Å²) in [7, 11) is 0. The highest BCUT2D eigenvalue weighted by Gasteiger charge is 2.27. The van der Waals surface area contributed by atoms with Gasteiger partial charge in [-0.1, -0.05) is 11.6 Å². The number of nitrogens with two attached hydrogens (primary N) is 1. The standard InChI is InChI=1S/C10H10ClF3N2OS/c11-7-3-6(1-2-8(7)15)18-4-9(17)16-5-10(12,13)14/h1-3H,4-5,15H2,(H,16,17). The van der Waals surface area contributed by atoms with Crippen LogP contribution in [0.15, 0.2) is 23.1 Å². The van der Waals surface area contributed by atoms with Crippen molar-refractivity contribution in [2.75, 3.05) is 18.0 Å². The third kappa shape index (κ3) is 5.50. The molecule has 100 valence electrons. The molecule has 0 radical (unpaired) electrons. The minimum absolute atomic E-state index is 0.115. The normalized spacial score (nSPS) is 11.3. The maximum absolute atomic E-state index is 11.8. The van der Waals surface area contributed by atoms with E-state index in [-0.39, 0.29) is 5.75 Å². The van der Waals surface area contributed by atoms with E-state index in [1.807, 2.05) is 0 Å². The predicted molar refractivity (Wildman–Crippen MR) is 65.7 cm³/mol.